The topological polar surface area (TPSA) is 137 Å². The summed E-state index contributed by atoms with van der Waals surface area (Å²) in [5, 5.41) is 23.1. The summed E-state index contributed by atoms with van der Waals surface area (Å²) in [7, 11) is 3.43. The first-order valence-electron chi connectivity index (χ1n) is 11.4. The summed E-state index contributed by atoms with van der Waals surface area (Å²) in [6.45, 7) is 1.82. The summed E-state index contributed by atoms with van der Waals surface area (Å²) in [6, 6.07) is 4.63. The zero-order valence-electron chi connectivity index (χ0n) is 19.9. The quantitative estimate of drug-likeness (QED) is 0.382. The molecular formula is C24H29FN6O3S. The molecule has 5 N–H and O–H groups in total. The van der Waals surface area contributed by atoms with E-state index in [2.05, 4.69) is 20.5 Å². The van der Waals surface area contributed by atoms with E-state index in [1.165, 1.54) is 34.6 Å². The first-order chi connectivity index (χ1) is 16.6. The standard InChI is InChI=1S/C24H29FN6O3S/c1-13-10-15(25)5-4-14(13)11-18-29-30-22(35-18)17-12-28-19(21(33)20(17)32)23(34)31(3)24(27-2)8-6-16(26)7-9-24/h4-5,10,12,16,27,33H,6-9,11,26H2,1-3H3,(H,28,32). The van der Waals surface area contributed by atoms with Crippen molar-refractivity contribution in [2.24, 2.45) is 5.73 Å². The Bertz CT molecular complexity index is 1300. The van der Waals surface area contributed by atoms with Gasteiger partial charge in [0, 0.05) is 25.7 Å². The Kier molecular flexibility index (Phi) is 7.02. The number of pyridine rings is 1. The number of hydrogen-bond donors (Lipinski definition) is 4. The zero-order valence-corrected chi connectivity index (χ0v) is 20.7. The number of H-pyrrole nitrogens is 1. The highest BCUT2D eigenvalue weighted by molar-refractivity contribution is 7.14. The number of carbonyl (C=O) groups excluding carboxylic acids is 1. The second-order valence-corrected chi connectivity index (χ2v) is 10.0. The molecule has 0 unspecified atom stereocenters. The zero-order chi connectivity index (χ0) is 25.3. The summed E-state index contributed by atoms with van der Waals surface area (Å²) >= 11 is 1.20. The van der Waals surface area contributed by atoms with Gasteiger partial charge in [-0.15, -0.1) is 10.2 Å². The Morgan fingerprint density at radius 2 is 2.09 bits per heavy atom. The number of aromatic nitrogens is 3. The average Bonchev–Trinajstić information content (AvgIpc) is 3.30. The van der Waals surface area contributed by atoms with Crippen molar-refractivity contribution in [3.05, 3.63) is 62.3 Å². The highest BCUT2D eigenvalue weighted by Gasteiger charge is 2.40. The first kappa shape index (κ1) is 25.0. The van der Waals surface area contributed by atoms with Crippen LogP contribution in [0.15, 0.2) is 29.2 Å². The number of halogens is 1. The predicted molar refractivity (Wildman–Crippen MR) is 132 cm³/mol. The van der Waals surface area contributed by atoms with E-state index in [1.54, 1.807) is 20.2 Å². The number of nitrogens with one attached hydrogen (secondary N) is 2. The monoisotopic (exact) mass is 500 g/mol. The molecule has 1 amide bonds. The molecule has 0 saturated heterocycles. The molecule has 0 bridgehead atoms. The maximum absolute atomic E-state index is 13.4. The molecule has 1 fully saturated rings. The van der Waals surface area contributed by atoms with Gasteiger partial charge in [0.15, 0.2) is 16.5 Å². The second-order valence-electron chi connectivity index (χ2n) is 8.99. The van der Waals surface area contributed by atoms with Crippen molar-refractivity contribution in [3.63, 3.8) is 0 Å². The molecule has 0 radical (unpaired) electrons. The van der Waals surface area contributed by atoms with E-state index in [-0.39, 0.29) is 23.1 Å². The van der Waals surface area contributed by atoms with Crippen LogP contribution >= 0.6 is 11.3 Å². The van der Waals surface area contributed by atoms with E-state index in [0.717, 1.165) is 24.0 Å². The Morgan fingerprint density at radius 3 is 2.74 bits per heavy atom. The SMILES string of the molecule is CNC1(N(C)C(=O)c2[nH]cc(-c3nnc(Cc4ccc(F)cc4C)s3)c(=O)c2O)CCC(N)CC1. The van der Waals surface area contributed by atoms with Gasteiger partial charge in [-0.2, -0.15) is 0 Å². The second kappa shape index (κ2) is 9.84. The fourth-order valence-electron chi connectivity index (χ4n) is 4.53. The van der Waals surface area contributed by atoms with Gasteiger partial charge in [0.1, 0.15) is 10.8 Å². The van der Waals surface area contributed by atoms with Crippen molar-refractivity contribution in [2.75, 3.05) is 14.1 Å². The smallest absolute Gasteiger partial charge is 0.275 e. The minimum Gasteiger partial charge on any atom is -0.503 e. The number of nitrogens with zero attached hydrogens (tertiary/aromatic N) is 3. The number of amides is 1. The lowest BCUT2D eigenvalue weighted by molar-refractivity contribution is 0.0303. The number of aromatic amines is 1. The van der Waals surface area contributed by atoms with Crippen LogP contribution in [0.25, 0.3) is 10.6 Å². The van der Waals surface area contributed by atoms with Crippen molar-refractivity contribution in [1.29, 1.82) is 0 Å². The minimum absolute atomic E-state index is 0.0937. The van der Waals surface area contributed by atoms with Crippen LogP contribution in [0.2, 0.25) is 0 Å². The van der Waals surface area contributed by atoms with Crippen molar-refractivity contribution >= 4 is 17.2 Å². The highest BCUT2D eigenvalue weighted by Crippen LogP contribution is 2.32. The van der Waals surface area contributed by atoms with Gasteiger partial charge in [-0.05, 0) is 62.9 Å². The molecule has 186 valence electrons. The maximum atomic E-state index is 13.4. The summed E-state index contributed by atoms with van der Waals surface area (Å²) in [5.74, 6) is -1.47. The molecule has 0 atom stereocenters. The molecule has 1 saturated carbocycles. The molecule has 35 heavy (non-hydrogen) atoms. The molecule has 9 nitrogen and oxygen atoms in total. The van der Waals surface area contributed by atoms with Crippen molar-refractivity contribution in [3.8, 4) is 16.3 Å². The van der Waals surface area contributed by atoms with E-state index in [0.29, 0.717) is 29.3 Å². The van der Waals surface area contributed by atoms with Gasteiger partial charge >= 0.3 is 0 Å². The molecular weight excluding hydrogens is 471 g/mol. The molecule has 0 spiro atoms. The maximum Gasteiger partial charge on any atom is 0.275 e. The van der Waals surface area contributed by atoms with E-state index in [1.807, 2.05) is 6.92 Å². The third kappa shape index (κ3) is 4.84. The van der Waals surface area contributed by atoms with Crippen LogP contribution in [0.5, 0.6) is 5.75 Å². The molecule has 2 aromatic heterocycles. The van der Waals surface area contributed by atoms with Crippen LogP contribution in [-0.4, -0.2) is 56.9 Å². The van der Waals surface area contributed by atoms with Crippen LogP contribution < -0.4 is 16.5 Å². The van der Waals surface area contributed by atoms with Gasteiger partial charge in [0.2, 0.25) is 5.43 Å². The normalized spacial score (nSPS) is 20.1. The minimum atomic E-state index is -0.703. The number of aryl methyl sites for hydroxylation is 1. The van der Waals surface area contributed by atoms with Crippen LogP contribution in [-0.2, 0) is 6.42 Å². The van der Waals surface area contributed by atoms with Crippen LogP contribution in [0.3, 0.4) is 0 Å². The van der Waals surface area contributed by atoms with Crippen molar-refractivity contribution < 1.29 is 14.3 Å². The van der Waals surface area contributed by atoms with Crippen molar-refractivity contribution in [2.45, 2.75) is 50.7 Å². The number of hydrogen-bond acceptors (Lipinski definition) is 8. The lowest BCUT2D eigenvalue weighted by Crippen LogP contribution is -2.60. The predicted octanol–water partition coefficient (Wildman–Crippen LogP) is 2.53. The van der Waals surface area contributed by atoms with Crippen molar-refractivity contribution in [1.82, 2.24) is 25.4 Å². The van der Waals surface area contributed by atoms with Gasteiger partial charge in [-0.25, -0.2) is 4.39 Å². The number of rotatable bonds is 6. The van der Waals surface area contributed by atoms with E-state index in [9.17, 15) is 19.1 Å². The number of carbonyl (C=O) groups is 1. The largest absolute Gasteiger partial charge is 0.503 e. The Morgan fingerprint density at radius 1 is 1.37 bits per heavy atom. The van der Waals surface area contributed by atoms with E-state index >= 15 is 0 Å². The van der Waals surface area contributed by atoms with Gasteiger partial charge in [-0.1, -0.05) is 17.4 Å². The van der Waals surface area contributed by atoms with Crippen LogP contribution in [0.4, 0.5) is 4.39 Å². The lowest BCUT2D eigenvalue weighted by atomic mass is 9.85. The Hall–Kier alpha value is -3.15. The summed E-state index contributed by atoms with van der Waals surface area (Å²) in [5.41, 5.74) is 6.35. The van der Waals surface area contributed by atoms with Gasteiger partial charge in [0.25, 0.3) is 5.91 Å². The molecule has 0 aliphatic heterocycles. The first-order valence-corrected chi connectivity index (χ1v) is 12.2. The summed E-state index contributed by atoms with van der Waals surface area (Å²) < 4.78 is 13.4. The number of aromatic hydroxyl groups is 1. The summed E-state index contributed by atoms with van der Waals surface area (Å²) in [6.07, 6.45) is 4.66. The third-order valence-electron chi connectivity index (χ3n) is 6.88. The van der Waals surface area contributed by atoms with Gasteiger partial charge in [-0.3, -0.25) is 14.9 Å². The Balaban J connectivity index is 1.57. The third-order valence-corrected chi connectivity index (χ3v) is 7.84. The molecule has 1 aliphatic carbocycles. The molecule has 2 heterocycles. The fraction of sp³-hybridized carbons (Fsp3) is 0.417. The Labute approximate surface area is 206 Å². The molecule has 4 rings (SSSR count). The molecule has 3 aromatic rings. The van der Waals surface area contributed by atoms with Crippen LogP contribution in [0.1, 0.15) is 52.3 Å². The number of benzene rings is 1. The van der Waals surface area contributed by atoms with Gasteiger partial charge < -0.3 is 20.7 Å². The number of nitrogens with two attached hydrogens (primary N) is 1. The summed E-state index contributed by atoms with van der Waals surface area (Å²) in [4.78, 5) is 30.5. The lowest BCUT2D eigenvalue weighted by Gasteiger charge is -2.45. The van der Waals surface area contributed by atoms with E-state index < -0.39 is 22.7 Å². The van der Waals surface area contributed by atoms with Gasteiger partial charge in [0.05, 0.1) is 11.2 Å². The average molecular weight is 501 g/mol. The molecule has 11 heteroatoms. The fourth-order valence-corrected chi connectivity index (χ4v) is 5.40. The molecule has 1 aromatic carbocycles. The van der Waals surface area contributed by atoms with E-state index in [4.69, 9.17) is 5.73 Å². The van der Waals surface area contributed by atoms with Crippen LogP contribution in [0, 0.1) is 12.7 Å². The highest BCUT2D eigenvalue weighted by atomic mass is 32.1. The molecule has 1 aliphatic rings.